The van der Waals surface area contributed by atoms with Gasteiger partial charge in [-0.3, -0.25) is 4.90 Å². The molecule has 1 heterocycles. The number of rotatable bonds is 6. The summed E-state index contributed by atoms with van der Waals surface area (Å²) < 4.78 is 0. The van der Waals surface area contributed by atoms with Crippen LogP contribution >= 0.6 is 0 Å². The summed E-state index contributed by atoms with van der Waals surface area (Å²) in [5.41, 5.74) is 2.86. The van der Waals surface area contributed by atoms with Crippen molar-refractivity contribution < 1.29 is 0 Å². The Hall–Kier alpha value is -0.860. The number of hydrogen-bond donors (Lipinski definition) is 1. The second-order valence-corrected chi connectivity index (χ2v) is 6.13. The van der Waals surface area contributed by atoms with Crippen LogP contribution < -0.4 is 5.32 Å². The molecule has 0 saturated carbocycles. The van der Waals surface area contributed by atoms with E-state index < -0.39 is 0 Å². The molecule has 0 spiro atoms. The van der Waals surface area contributed by atoms with Gasteiger partial charge in [0.25, 0.3) is 0 Å². The molecule has 2 nitrogen and oxygen atoms in total. The van der Waals surface area contributed by atoms with Gasteiger partial charge in [-0.2, -0.15) is 0 Å². The zero-order valence-corrected chi connectivity index (χ0v) is 12.7. The monoisotopic (exact) mass is 260 g/mol. The van der Waals surface area contributed by atoms with Crippen molar-refractivity contribution in [2.75, 3.05) is 19.6 Å². The first-order chi connectivity index (χ1) is 9.19. The molecule has 1 aromatic carbocycles. The maximum absolute atomic E-state index is 3.39. The van der Waals surface area contributed by atoms with Gasteiger partial charge in [0, 0.05) is 19.6 Å². The molecule has 0 radical (unpaired) electrons. The van der Waals surface area contributed by atoms with Crippen LogP contribution in [-0.2, 0) is 13.1 Å². The van der Waals surface area contributed by atoms with Gasteiger partial charge in [0.1, 0.15) is 0 Å². The van der Waals surface area contributed by atoms with E-state index in [9.17, 15) is 0 Å². The third-order valence-corrected chi connectivity index (χ3v) is 4.23. The van der Waals surface area contributed by atoms with Crippen molar-refractivity contribution in [1.82, 2.24) is 10.2 Å². The number of hydrogen-bond acceptors (Lipinski definition) is 2. The fourth-order valence-electron chi connectivity index (χ4n) is 2.92. The van der Waals surface area contributed by atoms with Crippen LogP contribution in [0.3, 0.4) is 0 Å². The van der Waals surface area contributed by atoms with Gasteiger partial charge in [-0.05, 0) is 42.5 Å². The van der Waals surface area contributed by atoms with Gasteiger partial charge in [-0.1, -0.05) is 45.0 Å². The number of nitrogens with zero attached hydrogens (tertiary/aromatic N) is 1. The Labute approximate surface area is 118 Å². The van der Waals surface area contributed by atoms with E-state index in [0.717, 1.165) is 31.5 Å². The Morgan fingerprint density at radius 3 is 2.79 bits per heavy atom. The standard InChI is InChI=1S/C17H28N2/c1-4-18-11-15-6-5-7-16(10-15)12-19-9-8-17(13-19)14(2)3/h5-7,10,14,17-18H,4,8-9,11-13H2,1-3H3. The summed E-state index contributed by atoms with van der Waals surface area (Å²) in [6, 6.07) is 9.02. The quantitative estimate of drug-likeness (QED) is 0.844. The summed E-state index contributed by atoms with van der Waals surface area (Å²) in [4.78, 5) is 2.61. The zero-order chi connectivity index (χ0) is 13.7. The van der Waals surface area contributed by atoms with Crippen molar-refractivity contribution in [2.24, 2.45) is 11.8 Å². The molecule has 1 aliphatic heterocycles. The number of likely N-dealkylation sites (tertiary alicyclic amines) is 1. The Kier molecular flexibility index (Phi) is 5.41. The molecule has 1 aliphatic rings. The molecule has 0 aromatic heterocycles. The van der Waals surface area contributed by atoms with Gasteiger partial charge < -0.3 is 5.32 Å². The Balaban J connectivity index is 1.89. The van der Waals surface area contributed by atoms with Crippen molar-refractivity contribution >= 4 is 0 Å². The Bertz CT molecular complexity index is 387. The topological polar surface area (TPSA) is 15.3 Å². The summed E-state index contributed by atoms with van der Waals surface area (Å²) in [6.45, 7) is 12.5. The van der Waals surface area contributed by atoms with E-state index in [0.29, 0.717) is 0 Å². The van der Waals surface area contributed by atoms with Crippen molar-refractivity contribution in [3.8, 4) is 0 Å². The third kappa shape index (κ3) is 4.32. The van der Waals surface area contributed by atoms with Gasteiger partial charge in [0.2, 0.25) is 0 Å². The second kappa shape index (κ2) is 7.06. The molecule has 2 heteroatoms. The third-order valence-electron chi connectivity index (χ3n) is 4.23. The van der Waals surface area contributed by atoms with Crippen LogP contribution in [0.5, 0.6) is 0 Å². The molecular weight excluding hydrogens is 232 g/mol. The Morgan fingerprint density at radius 1 is 1.32 bits per heavy atom. The minimum absolute atomic E-state index is 0.824. The van der Waals surface area contributed by atoms with Gasteiger partial charge >= 0.3 is 0 Å². The van der Waals surface area contributed by atoms with Crippen LogP contribution in [-0.4, -0.2) is 24.5 Å². The van der Waals surface area contributed by atoms with E-state index in [4.69, 9.17) is 0 Å². The molecule has 1 fully saturated rings. The highest BCUT2D eigenvalue weighted by atomic mass is 15.1. The first-order valence-corrected chi connectivity index (χ1v) is 7.70. The lowest BCUT2D eigenvalue weighted by Crippen LogP contribution is -2.21. The van der Waals surface area contributed by atoms with Gasteiger partial charge in [-0.15, -0.1) is 0 Å². The highest BCUT2D eigenvalue weighted by molar-refractivity contribution is 5.23. The van der Waals surface area contributed by atoms with E-state index in [-0.39, 0.29) is 0 Å². The molecule has 1 atom stereocenters. The lowest BCUT2D eigenvalue weighted by molar-refractivity contribution is 0.297. The predicted octanol–water partition coefficient (Wildman–Crippen LogP) is 3.27. The minimum Gasteiger partial charge on any atom is -0.313 e. The van der Waals surface area contributed by atoms with Crippen molar-refractivity contribution in [3.63, 3.8) is 0 Å². The number of benzene rings is 1. The fourth-order valence-corrected chi connectivity index (χ4v) is 2.92. The van der Waals surface area contributed by atoms with E-state index in [2.05, 4.69) is 55.3 Å². The Morgan fingerprint density at radius 2 is 2.11 bits per heavy atom. The van der Waals surface area contributed by atoms with Gasteiger partial charge in [0.15, 0.2) is 0 Å². The van der Waals surface area contributed by atoms with Crippen LogP contribution in [0.2, 0.25) is 0 Å². The van der Waals surface area contributed by atoms with Gasteiger partial charge in [-0.25, -0.2) is 0 Å². The largest absolute Gasteiger partial charge is 0.313 e. The molecule has 0 bridgehead atoms. The molecule has 19 heavy (non-hydrogen) atoms. The SMILES string of the molecule is CCNCc1cccc(CN2CCC(C(C)C)C2)c1. The predicted molar refractivity (Wildman–Crippen MR) is 82.0 cm³/mol. The average Bonchev–Trinajstić information content (AvgIpc) is 2.85. The maximum atomic E-state index is 3.39. The van der Waals surface area contributed by atoms with Crippen LogP contribution in [0.25, 0.3) is 0 Å². The molecule has 0 aliphatic carbocycles. The van der Waals surface area contributed by atoms with Crippen LogP contribution in [0.4, 0.5) is 0 Å². The first-order valence-electron chi connectivity index (χ1n) is 7.70. The highest BCUT2D eigenvalue weighted by Crippen LogP contribution is 2.24. The van der Waals surface area contributed by atoms with Crippen molar-refractivity contribution in [3.05, 3.63) is 35.4 Å². The maximum Gasteiger partial charge on any atom is 0.0233 e. The van der Waals surface area contributed by atoms with Crippen LogP contribution in [0.15, 0.2) is 24.3 Å². The molecule has 1 saturated heterocycles. The lowest BCUT2D eigenvalue weighted by Gasteiger charge is -2.18. The molecule has 0 amide bonds. The molecule has 1 aromatic rings. The summed E-state index contributed by atoms with van der Waals surface area (Å²) in [5.74, 6) is 1.72. The molecule has 106 valence electrons. The highest BCUT2D eigenvalue weighted by Gasteiger charge is 2.24. The summed E-state index contributed by atoms with van der Waals surface area (Å²) >= 11 is 0. The number of nitrogens with one attached hydrogen (secondary N) is 1. The van der Waals surface area contributed by atoms with E-state index in [1.165, 1.54) is 30.6 Å². The molecule has 2 rings (SSSR count). The van der Waals surface area contributed by atoms with E-state index >= 15 is 0 Å². The van der Waals surface area contributed by atoms with Crippen LogP contribution in [0.1, 0.15) is 38.3 Å². The summed E-state index contributed by atoms with van der Waals surface area (Å²) in [6.07, 6.45) is 1.37. The summed E-state index contributed by atoms with van der Waals surface area (Å²) in [7, 11) is 0. The summed E-state index contributed by atoms with van der Waals surface area (Å²) in [5, 5.41) is 3.39. The fraction of sp³-hybridized carbons (Fsp3) is 0.647. The van der Waals surface area contributed by atoms with Crippen molar-refractivity contribution in [2.45, 2.75) is 40.3 Å². The van der Waals surface area contributed by atoms with Crippen LogP contribution in [0, 0.1) is 11.8 Å². The van der Waals surface area contributed by atoms with Crippen molar-refractivity contribution in [1.29, 1.82) is 0 Å². The molecule has 1 N–H and O–H groups in total. The van der Waals surface area contributed by atoms with E-state index in [1.54, 1.807) is 0 Å². The van der Waals surface area contributed by atoms with E-state index in [1.807, 2.05) is 0 Å². The average molecular weight is 260 g/mol. The van der Waals surface area contributed by atoms with Gasteiger partial charge in [0.05, 0.1) is 0 Å². The minimum atomic E-state index is 0.824. The zero-order valence-electron chi connectivity index (χ0n) is 12.7. The second-order valence-electron chi connectivity index (χ2n) is 6.13. The smallest absolute Gasteiger partial charge is 0.0233 e. The lowest BCUT2D eigenvalue weighted by atomic mass is 9.95. The normalized spacial score (nSPS) is 20.3. The molecule has 1 unspecified atom stereocenters. The first kappa shape index (κ1) is 14.5. The molecular formula is C17H28N2.